The molecule has 0 atom stereocenters. The average molecular weight is 355 g/mol. The van der Waals surface area contributed by atoms with Gasteiger partial charge >= 0.3 is 11.9 Å². The molecule has 7 nitrogen and oxygen atoms in total. The monoisotopic (exact) mass is 354 g/mol. The minimum absolute atomic E-state index is 0.114. The van der Waals surface area contributed by atoms with Crippen LogP contribution >= 0.6 is 11.6 Å². The molecule has 1 amide bonds. The topological polar surface area (TPSA) is 93.7 Å². The minimum Gasteiger partial charge on any atom is -0.462 e. The number of rotatable bonds is 7. The van der Waals surface area contributed by atoms with Crippen LogP contribution in [-0.4, -0.2) is 38.1 Å². The number of hydrogen-bond acceptors (Lipinski definition) is 6. The Kier molecular flexibility index (Phi) is 7.77. The van der Waals surface area contributed by atoms with E-state index in [1.807, 2.05) is 0 Å². The Bertz CT molecular complexity index is 638. The van der Waals surface area contributed by atoms with E-state index in [2.05, 4.69) is 10.6 Å². The minimum atomic E-state index is -0.818. The van der Waals surface area contributed by atoms with E-state index in [1.54, 1.807) is 32.0 Å². The van der Waals surface area contributed by atoms with E-state index < -0.39 is 11.9 Å². The molecule has 2 N–H and O–H groups in total. The summed E-state index contributed by atoms with van der Waals surface area (Å²) >= 11 is 6.16. The van der Waals surface area contributed by atoms with Crippen LogP contribution in [0.25, 0.3) is 0 Å². The Hall–Kier alpha value is -2.54. The van der Waals surface area contributed by atoms with E-state index in [4.69, 9.17) is 21.1 Å². The Balaban J connectivity index is 3.11. The lowest BCUT2D eigenvalue weighted by molar-refractivity contribution is -0.146. The van der Waals surface area contributed by atoms with Gasteiger partial charge in [-0.2, -0.15) is 0 Å². The van der Waals surface area contributed by atoms with Crippen LogP contribution in [0.3, 0.4) is 0 Å². The molecular formula is C16H19ClN2O5. The van der Waals surface area contributed by atoms with Crippen LogP contribution in [0.5, 0.6) is 0 Å². The quantitative estimate of drug-likeness (QED) is 0.337. The molecule has 1 aromatic rings. The van der Waals surface area contributed by atoms with Crippen molar-refractivity contribution in [3.63, 3.8) is 0 Å². The van der Waals surface area contributed by atoms with Crippen molar-refractivity contribution in [2.75, 3.05) is 25.6 Å². The number of nitrogens with one attached hydrogen (secondary N) is 2. The average Bonchev–Trinajstić information content (AvgIpc) is 2.56. The Morgan fingerprint density at radius 2 is 1.71 bits per heavy atom. The van der Waals surface area contributed by atoms with Gasteiger partial charge in [0.25, 0.3) is 5.91 Å². The second kappa shape index (κ2) is 9.57. The normalized spacial score (nSPS) is 9.67. The highest BCUT2D eigenvalue weighted by Gasteiger charge is 2.21. The van der Waals surface area contributed by atoms with Gasteiger partial charge in [0.05, 0.1) is 29.5 Å². The molecule has 0 fully saturated rings. The summed E-state index contributed by atoms with van der Waals surface area (Å²) in [5.74, 6) is -1.99. The van der Waals surface area contributed by atoms with Crippen molar-refractivity contribution in [1.29, 1.82) is 0 Å². The number of halogens is 1. The maximum Gasteiger partial charge on any atom is 0.347 e. The van der Waals surface area contributed by atoms with Gasteiger partial charge in [0.2, 0.25) is 0 Å². The van der Waals surface area contributed by atoms with Crippen LogP contribution < -0.4 is 10.6 Å². The SMILES string of the molecule is CCOC(=O)C(=CNc1cccc(C(=O)NC)c1Cl)C(=O)OCC. The predicted molar refractivity (Wildman–Crippen MR) is 89.8 cm³/mol. The molecule has 0 bridgehead atoms. The molecule has 8 heteroatoms. The first-order valence-electron chi connectivity index (χ1n) is 7.27. The summed E-state index contributed by atoms with van der Waals surface area (Å²) in [7, 11) is 1.48. The molecule has 0 aliphatic heterocycles. The fourth-order valence-corrected chi connectivity index (χ4v) is 1.99. The predicted octanol–water partition coefficient (Wildman–Crippen LogP) is 2.12. The summed E-state index contributed by atoms with van der Waals surface area (Å²) in [6.45, 7) is 3.47. The third-order valence-corrected chi connectivity index (χ3v) is 3.24. The molecule has 0 saturated carbocycles. The van der Waals surface area contributed by atoms with E-state index >= 15 is 0 Å². The zero-order valence-electron chi connectivity index (χ0n) is 13.6. The van der Waals surface area contributed by atoms with Gasteiger partial charge in [0.15, 0.2) is 5.57 Å². The highest BCUT2D eigenvalue weighted by Crippen LogP contribution is 2.26. The number of esters is 2. The van der Waals surface area contributed by atoms with E-state index in [9.17, 15) is 14.4 Å². The second-order valence-electron chi connectivity index (χ2n) is 4.39. The van der Waals surface area contributed by atoms with Gasteiger partial charge in [-0.05, 0) is 26.0 Å². The van der Waals surface area contributed by atoms with Crippen LogP contribution in [0.15, 0.2) is 30.0 Å². The molecule has 0 aliphatic carbocycles. The highest BCUT2D eigenvalue weighted by atomic mass is 35.5. The summed E-state index contributed by atoms with van der Waals surface area (Å²) in [5.41, 5.74) is 0.301. The van der Waals surface area contributed by atoms with Crippen molar-refractivity contribution >= 4 is 35.1 Å². The number of carbonyl (C=O) groups is 3. The Labute approximate surface area is 145 Å². The first kappa shape index (κ1) is 19.5. The summed E-state index contributed by atoms with van der Waals surface area (Å²) in [5, 5.41) is 5.36. The number of ether oxygens (including phenoxy) is 2. The molecule has 0 unspecified atom stereocenters. The van der Waals surface area contributed by atoms with Gasteiger partial charge in [0.1, 0.15) is 0 Å². The van der Waals surface area contributed by atoms with Crippen LogP contribution in [0.1, 0.15) is 24.2 Å². The molecule has 0 spiro atoms. The smallest absolute Gasteiger partial charge is 0.347 e. The van der Waals surface area contributed by atoms with Crippen molar-refractivity contribution in [3.05, 3.63) is 40.6 Å². The number of anilines is 1. The first-order chi connectivity index (χ1) is 11.5. The molecule has 1 rings (SSSR count). The van der Waals surface area contributed by atoms with Crippen molar-refractivity contribution in [3.8, 4) is 0 Å². The van der Waals surface area contributed by atoms with Gasteiger partial charge in [-0.15, -0.1) is 0 Å². The van der Waals surface area contributed by atoms with Crippen molar-refractivity contribution in [1.82, 2.24) is 5.32 Å². The molecular weight excluding hydrogens is 336 g/mol. The van der Waals surface area contributed by atoms with Crippen LogP contribution in [-0.2, 0) is 19.1 Å². The van der Waals surface area contributed by atoms with Crippen LogP contribution in [0, 0.1) is 0 Å². The van der Waals surface area contributed by atoms with E-state index in [1.165, 1.54) is 7.05 Å². The Morgan fingerprint density at radius 3 is 2.21 bits per heavy atom. The lowest BCUT2D eigenvalue weighted by atomic mass is 10.2. The number of benzene rings is 1. The van der Waals surface area contributed by atoms with Crippen LogP contribution in [0.4, 0.5) is 5.69 Å². The van der Waals surface area contributed by atoms with Crippen LogP contribution in [0.2, 0.25) is 5.02 Å². The van der Waals surface area contributed by atoms with Crippen molar-refractivity contribution in [2.24, 2.45) is 0 Å². The summed E-state index contributed by atoms with van der Waals surface area (Å²) in [6.07, 6.45) is 1.14. The highest BCUT2D eigenvalue weighted by molar-refractivity contribution is 6.36. The molecule has 0 aromatic heterocycles. The molecule has 1 aromatic carbocycles. The third-order valence-electron chi connectivity index (χ3n) is 2.83. The van der Waals surface area contributed by atoms with Gasteiger partial charge in [0, 0.05) is 13.2 Å². The fraction of sp³-hybridized carbons (Fsp3) is 0.312. The van der Waals surface area contributed by atoms with E-state index in [-0.39, 0.29) is 35.3 Å². The third kappa shape index (κ3) is 4.99. The van der Waals surface area contributed by atoms with Gasteiger partial charge in [-0.3, -0.25) is 4.79 Å². The molecule has 0 radical (unpaired) electrons. The largest absolute Gasteiger partial charge is 0.462 e. The number of carbonyl (C=O) groups excluding carboxylic acids is 3. The first-order valence-corrected chi connectivity index (χ1v) is 7.65. The molecule has 130 valence electrons. The van der Waals surface area contributed by atoms with Gasteiger partial charge in [-0.1, -0.05) is 17.7 Å². The molecule has 0 heterocycles. The molecule has 0 aliphatic rings. The lowest BCUT2D eigenvalue weighted by Crippen LogP contribution is -2.20. The van der Waals surface area contributed by atoms with Gasteiger partial charge in [-0.25, -0.2) is 9.59 Å². The van der Waals surface area contributed by atoms with E-state index in [0.29, 0.717) is 5.69 Å². The van der Waals surface area contributed by atoms with Gasteiger partial charge < -0.3 is 20.1 Å². The Morgan fingerprint density at radius 1 is 1.12 bits per heavy atom. The number of amides is 1. The summed E-state index contributed by atoms with van der Waals surface area (Å²) < 4.78 is 9.65. The molecule has 24 heavy (non-hydrogen) atoms. The molecule has 0 saturated heterocycles. The lowest BCUT2D eigenvalue weighted by Gasteiger charge is -2.10. The van der Waals surface area contributed by atoms with E-state index in [0.717, 1.165) is 6.20 Å². The maximum atomic E-state index is 11.9. The van der Waals surface area contributed by atoms with Crippen molar-refractivity contribution in [2.45, 2.75) is 13.8 Å². The summed E-state index contributed by atoms with van der Waals surface area (Å²) in [6, 6.07) is 4.76. The maximum absolute atomic E-state index is 11.9. The fourth-order valence-electron chi connectivity index (χ4n) is 1.72. The zero-order valence-corrected chi connectivity index (χ0v) is 14.4. The number of hydrogen-bond donors (Lipinski definition) is 2. The standard InChI is InChI=1S/C16H19ClN2O5/c1-4-23-15(21)11(16(22)24-5-2)9-19-12-8-6-7-10(13(12)17)14(20)18-3/h6-9,19H,4-5H2,1-3H3,(H,18,20). The zero-order chi connectivity index (χ0) is 18.1. The summed E-state index contributed by atoms with van der Waals surface area (Å²) in [4.78, 5) is 35.4. The second-order valence-corrected chi connectivity index (χ2v) is 4.77. The van der Waals surface area contributed by atoms with Crippen molar-refractivity contribution < 1.29 is 23.9 Å².